The van der Waals surface area contributed by atoms with Crippen LogP contribution in [0.15, 0.2) is 66.7 Å². The second-order valence-electron chi connectivity index (χ2n) is 7.64. The number of nitrogens with zero attached hydrogens (tertiary/aromatic N) is 2. The Morgan fingerprint density at radius 3 is 2.34 bits per heavy atom. The Morgan fingerprint density at radius 2 is 1.69 bits per heavy atom. The number of nitrogens with one attached hydrogen (secondary N) is 1. The van der Waals surface area contributed by atoms with Gasteiger partial charge in [-0.1, -0.05) is 52.8 Å². The summed E-state index contributed by atoms with van der Waals surface area (Å²) in [6, 6.07) is 19.9. The molecule has 0 radical (unpaired) electrons. The van der Waals surface area contributed by atoms with Gasteiger partial charge in [0.05, 0.1) is 15.5 Å². The molecule has 0 aliphatic rings. The van der Waals surface area contributed by atoms with E-state index < -0.39 is 4.92 Å². The van der Waals surface area contributed by atoms with Crippen molar-refractivity contribution in [2.75, 3.05) is 5.32 Å². The van der Waals surface area contributed by atoms with Crippen LogP contribution in [0.5, 0.6) is 0 Å². The molecule has 1 heterocycles. The number of amides is 1. The smallest absolute Gasteiger partial charge is 0.269 e. The number of nitro benzene ring substituents is 1. The van der Waals surface area contributed by atoms with Gasteiger partial charge in [0, 0.05) is 23.3 Å². The normalized spacial score (nSPS) is 10.7. The number of aromatic nitrogens is 1. The number of non-ortho nitro benzene ring substituents is 1. The molecule has 4 aromatic rings. The first-order chi connectivity index (χ1) is 15.3. The Kier molecular flexibility index (Phi) is 5.83. The van der Waals surface area contributed by atoms with Crippen LogP contribution in [0, 0.1) is 30.9 Å². The third-order valence-electron chi connectivity index (χ3n) is 5.11. The molecule has 32 heavy (non-hydrogen) atoms. The molecule has 7 heteroatoms. The fourth-order valence-electron chi connectivity index (χ4n) is 3.52. The van der Waals surface area contributed by atoms with Gasteiger partial charge in [-0.3, -0.25) is 20.2 Å². The number of nitro groups is 1. The van der Waals surface area contributed by atoms with Crippen molar-refractivity contribution in [1.82, 2.24) is 4.98 Å². The summed E-state index contributed by atoms with van der Waals surface area (Å²) < 4.78 is 0. The molecule has 0 saturated heterocycles. The van der Waals surface area contributed by atoms with Gasteiger partial charge in [-0.2, -0.15) is 0 Å². The molecule has 6 nitrogen and oxygen atoms in total. The fraction of sp³-hybridized carbons (Fsp3) is 0.120. The van der Waals surface area contributed by atoms with Gasteiger partial charge < -0.3 is 0 Å². The Balaban J connectivity index is 1.77. The van der Waals surface area contributed by atoms with Crippen molar-refractivity contribution in [3.05, 3.63) is 99.1 Å². The van der Waals surface area contributed by atoms with Crippen molar-refractivity contribution < 1.29 is 9.72 Å². The topological polar surface area (TPSA) is 85.1 Å². The molecule has 0 atom stereocenters. The van der Waals surface area contributed by atoms with Crippen LogP contribution in [0.1, 0.15) is 27.0 Å². The molecule has 4 rings (SSSR count). The lowest BCUT2D eigenvalue weighted by atomic mass is 10.0. The molecule has 1 amide bonds. The highest BCUT2D eigenvalue weighted by Gasteiger charge is 2.19. The zero-order chi connectivity index (χ0) is 22.8. The van der Waals surface area contributed by atoms with Crippen LogP contribution in [0.2, 0.25) is 0 Å². The molecular weight excluding hydrogens is 422 g/mol. The molecule has 160 valence electrons. The molecule has 1 N–H and O–H groups in total. The summed E-state index contributed by atoms with van der Waals surface area (Å²) in [5, 5.41) is 14.4. The molecule has 1 aromatic heterocycles. The van der Waals surface area contributed by atoms with E-state index in [4.69, 9.17) is 4.98 Å². The lowest BCUT2D eigenvalue weighted by molar-refractivity contribution is -0.384. The van der Waals surface area contributed by atoms with E-state index in [9.17, 15) is 14.9 Å². The van der Waals surface area contributed by atoms with Gasteiger partial charge in [-0.15, -0.1) is 0 Å². The second kappa shape index (κ2) is 8.72. The maximum atomic E-state index is 12.8. The van der Waals surface area contributed by atoms with Crippen molar-refractivity contribution in [2.45, 2.75) is 20.8 Å². The third-order valence-corrected chi connectivity index (χ3v) is 6.13. The first kappa shape index (κ1) is 21.4. The Labute approximate surface area is 189 Å². The van der Waals surface area contributed by atoms with Crippen LogP contribution >= 0.6 is 11.3 Å². The minimum Gasteiger partial charge on any atom is -0.298 e. The molecule has 3 aromatic carbocycles. The summed E-state index contributed by atoms with van der Waals surface area (Å²) in [6.07, 6.45) is 0. The van der Waals surface area contributed by atoms with Crippen molar-refractivity contribution in [3.8, 4) is 21.7 Å². The average molecular weight is 444 g/mol. The molecule has 0 unspecified atom stereocenters. The summed E-state index contributed by atoms with van der Waals surface area (Å²) in [5.74, 6) is -0.232. The Bertz CT molecular complexity index is 1330. The van der Waals surface area contributed by atoms with Crippen molar-refractivity contribution >= 4 is 28.1 Å². The highest BCUT2D eigenvalue weighted by molar-refractivity contribution is 7.19. The van der Waals surface area contributed by atoms with Crippen molar-refractivity contribution in [3.63, 3.8) is 0 Å². The molecular formula is C25H21N3O3S. The number of rotatable bonds is 5. The van der Waals surface area contributed by atoms with Crippen LogP contribution in [-0.4, -0.2) is 15.8 Å². The molecule has 0 spiro atoms. The summed E-state index contributed by atoms with van der Waals surface area (Å²) >= 11 is 1.35. The predicted molar refractivity (Wildman–Crippen MR) is 128 cm³/mol. The predicted octanol–water partition coefficient (Wildman–Crippen LogP) is 6.56. The summed E-state index contributed by atoms with van der Waals surface area (Å²) in [7, 11) is 0. The second-order valence-corrected chi connectivity index (χ2v) is 8.64. The van der Waals surface area contributed by atoms with Gasteiger partial charge in [0.1, 0.15) is 0 Å². The molecule has 0 aliphatic heterocycles. The highest BCUT2D eigenvalue weighted by atomic mass is 32.1. The number of carbonyl (C=O) groups excluding carboxylic acids is 1. The van der Waals surface area contributed by atoms with Gasteiger partial charge in [0.15, 0.2) is 5.13 Å². The van der Waals surface area contributed by atoms with E-state index >= 15 is 0 Å². The van der Waals surface area contributed by atoms with Crippen molar-refractivity contribution in [2.24, 2.45) is 0 Å². The number of anilines is 1. The maximum Gasteiger partial charge on any atom is 0.269 e. The monoisotopic (exact) mass is 443 g/mol. The fourth-order valence-corrected chi connectivity index (χ4v) is 4.50. The van der Waals surface area contributed by atoms with E-state index in [2.05, 4.69) is 11.4 Å². The number of carbonyl (C=O) groups is 1. The van der Waals surface area contributed by atoms with E-state index in [0.29, 0.717) is 10.7 Å². The highest BCUT2D eigenvalue weighted by Crippen LogP contribution is 2.40. The summed E-state index contributed by atoms with van der Waals surface area (Å²) in [5.41, 5.74) is 6.29. The molecule has 0 saturated carbocycles. The average Bonchev–Trinajstić information content (AvgIpc) is 3.17. The van der Waals surface area contributed by atoms with E-state index in [1.807, 2.05) is 51.1 Å². The van der Waals surface area contributed by atoms with Gasteiger partial charge in [-0.05, 0) is 56.2 Å². The quantitative estimate of drug-likeness (QED) is 0.279. The zero-order valence-electron chi connectivity index (χ0n) is 17.9. The third kappa shape index (κ3) is 4.43. The molecule has 0 aliphatic carbocycles. The number of hydrogen-bond acceptors (Lipinski definition) is 5. The van der Waals surface area contributed by atoms with Crippen LogP contribution < -0.4 is 5.32 Å². The largest absolute Gasteiger partial charge is 0.298 e. The molecule has 0 fully saturated rings. The SMILES string of the molecule is Cc1cccc(C(=O)Nc2nc(-c3ccc(C)cc3C)c(-c3ccc([N+](=O)[O-])cc3)s2)c1. The molecule has 0 bridgehead atoms. The van der Waals surface area contributed by atoms with Gasteiger partial charge in [0.25, 0.3) is 11.6 Å². The number of hydrogen-bond donors (Lipinski definition) is 1. The zero-order valence-corrected chi connectivity index (χ0v) is 18.7. The first-order valence-corrected chi connectivity index (χ1v) is 10.8. The lowest BCUT2D eigenvalue weighted by Gasteiger charge is -2.07. The van der Waals surface area contributed by atoms with Gasteiger partial charge in [-0.25, -0.2) is 4.98 Å². The maximum absolute atomic E-state index is 12.8. The summed E-state index contributed by atoms with van der Waals surface area (Å²) in [6.45, 7) is 5.99. The van der Waals surface area contributed by atoms with Gasteiger partial charge in [0.2, 0.25) is 0 Å². The van der Waals surface area contributed by atoms with Crippen LogP contribution in [0.25, 0.3) is 21.7 Å². The van der Waals surface area contributed by atoms with E-state index in [1.165, 1.54) is 23.5 Å². The number of thiazole rings is 1. The first-order valence-electron chi connectivity index (χ1n) is 10.0. The lowest BCUT2D eigenvalue weighted by Crippen LogP contribution is -2.11. The van der Waals surface area contributed by atoms with Crippen molar-refractivity contribution in [1.29, 1.82) is 0 Å². The Hall–Kier alpha value is -3.84. The van der Waals surface area contributed by atoms with Crippen LogP contribution in [-0.2, 0) is 0 Å². The van der Waals surface area contributed by atoms with E-state index in [-0.39, 0.29) is 11.6 Å². The number of aryl methyl sites for hydroxylation is 3. The minimum atomic E-state index is -0.422. The van der Waals surface area contributed by atoms with Crippen LogP contribution in [0.3, 0.4) is 0 Å². The minimum absolute atomic E-state index is 0.0271. The van der Waals surface area contributed by atoms with E-state index in [0.717, 1.165) is 38.4 Å². The van der Waals surface area contributed by atoms with Crippen LogP contribution in [0.4, 0.5) is 10.8 Å². The van der Waals surface area contributed by atoms with Gasteiger partial charge >= 0.3 is 0 Å². The number of benzene rings is 3. The summed E-state index contributed by atoms with van der Waals surface area (Å²) in [4.78, 5) is 29.0. The van der Waals surface area contributed by atoms with E-state index in [1.54, 1.807) is 18.2 Å². The standard InChI is InChI=1S/C25H21N3O3S/c1-15-5-4-6-19(14-15)24(29)27-25-26-22(21-12-7-16(2)13-17(21)3)23(32-25)18-8-10-20(11-9-18)28(30)31/h4-14H,1-3H3,(H,26,27,29). The Morgan fingerprint density at radius 1 is 0.969 bits per heavy atom.